The fourth-order valence-electron chi connectivity index (χ4n) is 2.55. The van der Waals surface area contributed by atoms with Crippen molar-refractivity contribution in [1.29, 1.82) is 0 Å². The molecule has 1 fully saturated rings. The van der Waals surface area contributed by atoms with Crippen LogP contribution in [0.4, 0.5) is 5.69 Å². The van der Waals surface area contributed by atoms with Gasteiger partial charge in [0.05, 0.1) is 11.9 Å². The molecule has 1 aromatic heterocycles. The number of halogens is 1. The number of anilines is 1. The molecule has 1 unspecified atom stereocenters. The van der Waals surface area contributed by atoms with E-state index in [9.17, 15) is 4.79 Å². The number of aromatic nitrogens is 2. The number of piperidine rings is 1. The molecule has 1 aliphatic heterocycles. The average Bonchev–Trinajstić information content (AvgIpc) is 2.38. The van der Waals surface area contributed by atoms with E-state index in [-0.39, 0.29) is 5.56 Å². The van der Waals surface area contributed by atoms with E-state index in [0.717, 1.165) is 25.2 Å². The van der Waals surface area contributed by atoms with Crippen LogP contribution in [0.2, 0.25) is 0 Å². The van der Waals surface area contributed by atoms with Gasteiger partial charge in [0, 0.05) is 19.1 Å². The van der Waals surface area contributed by atoms with Crippen molar-refractivity contribution >= 4 is 21.6 Å². The highest BCUT2D eigenvalue weighted by Crippen LogP contribution is 2.20. The normalized spacial score (nSPS) is 20.4. The fraction of sp³-hybridized carbons (Fsp3) is 0.714. The zero-order valence-electron chi connectivity index (χ0n) is 12.4. The van der Waals surface area contributed by atoms with Gasteiger partial charge in [0.25, 0.3) is 5.56 Å². The molecular weight excluding hydrogens is 320 g/mol. The number of likely N-dealkylation sites (tertiary alicyclic amines) is 1. The summed E-state index contributed by atoms with van der Waals surface area (Å²) in [5.74, 6) is 0.401. The summed E-state index contributed by atoms with van der Waals surface area (Å²) in [7, 11) is 2.13. The smallest absolute Gasteiger partial charge is 0.283 e. The standard InChI is InChI=1S/C14H23BrN4O/c1-10(2)8-19-14(20)13(15)12(7-16-19)17-11-5-4-6-18(3)9-11/h7,10-11,17H,4-6,8-9H2,1-3H3. The van der Waals surface area contributed by atoms with Gasteiger partial charge < -0.3 is 10.2 Å². The monoisotopic (exact) mass is 342 g/mol. The van der Waals surface area contributed by atoms with Gasteiger partial charge in [-0.3, -0.25) is 4.79 Å². The summed E-state index contributed by atoms with van der Waals surface area (Å²) in [4.78, 5) is 14.5. The number of rotatable bonds is 4. The van der Waals surface area contributed by atoms with Crippen LogP contribution in [0, 0.1) is 5.92 Å². The minimum absolute atomic E-state index is 0.0622. The highest BCUT2D eigenvalue weighted by Gasteiger charge is 2.19. The first-order valence-electron chi connectivity index (χ1n) is 7.18. The van der Waals surface area contributed by atoms with Crippen LogP contribution in [0.25, 0.3) is 0 Å². The second-order valence-corrected chi connectivity index (χ2v) is 6.79. The van der Waals surface area contributed by atoms with E-state index >= 15 is 0 Å². The van der Waals surface area contributed by atoms with E-state index in [1.54, 1.807) is 6.20 Å². The van der Waals surface area contributed by atoms with Crippen LogP contribution in [0.15, 0.2) is 15.5 Å². The number of hydrogen-bond donors (Lipinski definition) is 1. The summed E-state index contributed by atoms with van der Waals surface area (Å²) in [5.41, 5.74) is 0.739. The summed E-state index contributed by atoms with van der Waals surface area (Å²) in [6.07, 6.45) is 4.07. The van der Waals surface area contributed by atoms with Gasteiger partial charge in [-0.1, -0.05) is 13.8 Å². The molecule has 1 atom stereocenters. The van der Waals surface area contributed by atoms with Crippen LogP contribution in [0.1, 0.15) is 26.7 Å². The van der Waals surface area contributed by atoms with Crippen molar-refractivity contribution in [2.75, 3.05) is 25.5 Å². The molecule has 0 saturated carbocycles. The summed E-state index contributed by atoms with van der Waals surface area (Å²) in [6.45, 7) is 6.94. The highest BCUT2D eigenvalue weighted by molar-refractivity contribution is 9.10. The molecular formula is C14H23BrN4O. The van der Waals surface area contributed by atoms with Gasteiger partial charge in [0.2, 0.25) is 0 Å². The van der Waals surface area contributed by atoms with Gasteiger partial charge in [-0.2, -0.15) is 5.10 Å². The lowest BCUT2D eigenvalue weighted by molar-refractivity contribution is 0.261. The molecule has 0 aromatic carbocycles. The van der Waals surface area contributed by atoms with Crippen molar-refractivity contribution < 1.29 is 0 Å². The molecule has 0 amide bonds. The Morgan fingerprint density at radius 1 is 1.55 bits per heavy atom. The third kappa shape index (κ3) is 3.82. The van der Waals surface area contributed by atoms with E-state index in [2.05, 4.69) is 52.1 Å². The molecule has 0 radical (unpaired) electrons. The van der Waals surface area contributed by atoms with E-state index in [1.807, 2.05) is 0 Å². The lowest BCUT2D eigenvalue weighted by Crippen LogP contribution is -2.40. The van der Waals surface area contributed by atoms with Crippen molar-refractivity contribution in [3.8, 4) is 0 Å². The Morgan fingerprint density at radius 2 is 2.30 bits per heavy atom. The Kier molecular flexibility index (Phi) is 5.21. The summed E-state index contributed by atoms with van der Waals surface area (Å²) in [6, 6.07) is 0.382. The van der Waals surface area contributed by atoms with Gasteiger partial charge in [-0.25, -0.2) is 4.68 Å². The molecule has 2 heterocycles. The quantitative estimate of drug-likeness (QED) is 0.910. The molecule has 1 aromatic rings. The molecule has 6 heteroatoms. The zero-order chi connectivity index (χ0) is 14.7. The third-order valence-electron chi connectivity index (χ3n) is 3.51. The Hall–Kier alpha value is -0.880. The molecule has 112 valence electrons. The van der Waals surface area contributed by atoms with E-state index < -0.39 is 0 Å². The largest absolute Gasteiger partial charge is 0.379 e. The highest BCUT2D eigenvalue weighted by atomic mass is 79.9. The summed E-state index contributed by atoms with van der Waals surface area (Å²) in [5, 5.41) is 7.70. The van der Waals surface area contributed by atoms with Crippen LogP contribution < -0.4 is 10.9 Å². The van der Waals surface area contributed by atoms with Crippen molar-refractivity contribution in [1.82, 2.24) is 14.7 Å². The minimum atomic E-state index is -0.0622. The van der Waals surface area contributed by atoms with E-state index in [0.29, 0.717) is 23.0 Å². The lowest BCUT2D eigenvalue weighted by Gasteiger charge is -2.31. The van der Waals surface area contributed by atoms with Gasteiger partial charge in [0.15, 0.2) is 0 Å². The Labute approximate surface area is 128 Å². The zero-order valence-corrected chi connectivity index (χ0v) is 14.0. The fourth-order valence-corrected chi connectivity index (χ4v) is 2.97. The van der Waals surface area contributed by atoms with Crippen LogP contribution in [0.3, 0.4) is 0 Å². The van der Waals surface area contributed by atoms with E-state index in [4.69, 9.17) is 0 Å². The molecule has 1 aliphatic rings. The first-order chi connectivity index (χ1) is 9.47. The first-order valence-corrected chi connectivity index (χ1v) is 7.97. The topological polar surface area (TPSA) is 50.2 Å². The van der Waals surface area contributed by atoms with Gasteiger partial charge in [0.1, 0.15) is 4.47 Å². The maximum atomic E-state index is 12.2. The number of likely N-dealkylation sites (N-methyl/N-ethyl adjacent to an activating group) is 1. The predicted molar refractivity (Wildman–Crippen MR) is 85.2 cm³/mol. The third-order valence-corrected chi connectivity index (χ3v) is 4.27. The number of nitrogens with one attached hydrogen (secondary N) is 1. The van der Waals surface area contributed by atoms with E-state index in [1.165, 1.54) is 11.1 Å². The number of hydrogen-bond acceptors (Lipinski definition) is 4. The SMILES string of the molecule is CC(C)Cn1ncc(NC2CCCN(C)C2)c(Br)c1=O. The van der Waals surface area contributed by atoms with Gasteiger partial charge in [-0.15, -0.1) is 0 Å². The van der Waals surface area contributed by atoms with Gasteiger partial charge in [-0.05, 0) is 48.3 Å². The van der Waals surface area contributed by atoms with Gasteiger partial charge >= 0.3 is 0 Å². The maximum Gasteiger partial charge on any atom is 0.283 e. The second kappa shape index (κ2) is 6.72. The van der Waals surface area contributed by atoms with Crippen molar-refractivity contribution in [2.45, 2.75) is 39.3 Å². The molecule has 1 N–H and O–H groups in total. The molecule has 0 aliphatic carbocycles. The summed E-state index contributed by atoms with van der Waals surface area (Å²) >= 11 is 3.41. The van der Waals surface area contributed by atoms with Crippen LogP contribution >= 0.6 is 15.9 Å². The maximum absolute atomic E-state index is 12.2. The Balaban J connectivity index is 2.13. The van der Waals surface area contributed by atoms with Crippen molar-refractivity contribution in [2.24, 2.45) is 5.92 Å². The van der Waals surface area contributed by atoms with Crippen molar-refractivity contribution in [3.63, 3.8) is 0 Å². The number of nitrogens with zero attached hydrogens (tertiary/aromatic N) is 3. The van der Waals surface area contributed by atoms with Crippen LogP contribution in [-0.4, -0.2) is 40.9 Å². The predicted octanol–water partition coefficient (Wildman–Crippen LogP) is 2.17. The lowest BCUT2D eigenvalue weighted by atomic mass is 10.1. The molecule has 2 rings (SSSR count). The van der Waals surface area contributed by atoms with Crippen molar-refractivity contribution in [3.05, 3.63) is 21.0 Å². The molecule has 5 nitrogen and oxygen atoms in total. The first kappa shape index (κ1) is 15.5. The molecule has 0 spiro atoms. The Morgan fingerprint density at radius 3 is 2.95 bits per heavy atom. The summed E-state index contributed by atoms with van der Waals surface area (Å²) < 4.78 is 2.11. The molecule has 1 saturated heterocycles. The van der Waals surface area contributed by atoms with Crippen LogP contribution in [-0.2, 0) is 6.54 Å². The average molecular weight is 343 g/mol. The Bertz CT molecular complexity index is 514. The molecule has 0 bridgehead atoms. The molecule has 20 heavy (non-hydrogen) atoms. The minimum Gasteiger partial charge on any atom is -0.379 e. The van der Waals surface area contributed by atoms with Crippen LogP contribution in [0.5, 0.6) is 0 Å². The second-order valence-electron chi connectivity index (χ2n) is 6.00.